The minimum absolute atomic E-state index is 0.160. The van der Waals surface area contributed by atoms with E-state index in [1.807, 2.05) is 48.8 Å². The summed E-state index contributed by atoms with van der Waals surface area (Å²) in [5.74, 6) is 1.37. The average Bonchev–Trinajstić information content (AvgIpc) is 3.40. The lowest BCUT2D eigenvalue weighted by Crippen LogP contribution is -2.52. The van der Waals surface area contributed by atoms with Crippen LogP contribution in [-0.4, -0.2) is 63.9 Å². The molecule has 0 spiro atoms. The number of hydrogen-bond acceptors (Lipinski definition) is 8. The summed E-state index contributed by atoms with van der Waals surface area (Å²) in [6, 6.07) is 17.6. The van der Waals surface area contributed by atoms with Crippen LogP contribution in [-0.2, 0) is 4.74 Å². The zero-order chi connectivity index (χ0) is 24.6. The Morgan fingerprint density at radius 3 is 2.78 bits per heavy atom. The summed E-state index contributed by atoms with van der Waals surface area (Å²) < 4.78 is 4.91. The summed E-state index contributed by atoms with van der Waals surface area (Å²) in [6.45, 7) is 4.56. The number of carbonyl (C=O) groups is 1. The van der Waals surface area contributed by atoms with E-state index in [0.29, 0.717) is 16.6 Å². The van der Waals surface area contributed by atoms with E-state index in [2.05, 4.69) is 38.0 Å². The summed E-state index contributed by atoms with van der Waals surface area (Å²) in [5, 5.41) is 8.17. The fourth-order valence-electron chi connectivity index (χ4n) is 4.79. The van der Waals surface area contributed by atoms with Gasteiger partial charge in [0.05, 0.1) is 35.4 Å². The standard InChI is InChI=1S/C27H25N7O2/c1-17-16-33(24-5-3-4-10-28-24)11-12-34(17)26-25(18-6-8-21-20(13-18)15-29-32-21)30-22-9-7-19(27(35)36-2)14-23(22)31-26/h3-10,13-15,17H,11-12,16H2,1-2H3,(H,29,32). The van der Waals surface area contributed by atoms with Gasteiger partial charge in [-0.3, -0.25) is 5.10 Å². The highest BCUT2D eigenvalue weighted by atomic mass is 16.5. The van der Waals surface area contributed by atoms with Crippen molar-refractivity contribution in [2.75, 3.05) is 36.5 Å². The quantitative estimate of drug-likeness (QED) is 0.385. The molecule has 2 aromatic carbocycles. The highest BCUT2D eigenvalue weighted by Gasteiger charge is 2.28. The number of pyridine rings is 1. The van der Waals surface area contributed by atoms with Crippen LogP contribution in [0.3, 0.4) is 0 Å². The number of aromatic amines is 1. The molecule has 1 aliphatic heterocycles. The minimum atomic E-state index is -0.396. The maximum Gasteiger partial charge on any atom is 0.337 e. The third-order valence-corrected chi connectivity index (χ3v) is 6.65. The lowest BCUT2D eigenvalue weighted by Gasteiger charge is -2.41. The number of carbonyl (C=O) groups excluding carboxylic acids is 1. The number of benzene rings is 2. The predicted molar refractivity (Wildman–Crippen MR) is 139 cm³/mol. The fraction of sp³-hybridized carbons (Fsp3) is 0.222. The Morgan fingerprint density at radius 2 is 1.97 bits per heavy atom. The van der Waals surface area contributed by atoms with Gasteiger partial charge in [0, 0.05) is 42.8 Å². The van der Waals surface area contributed by atoms with Crippen molar-refractivity contribution in [3.05, 3.63) is 72.6 Å². The fourth-order valence-corrected chi connectivity index (χ4v) is 4.79. The molecule has 0 radical (unpaired) electrons. The number of H-pyrrole nitrogens is 1. The van der Waals surface area contributed by atoms with Crippen LogP contribution in [0.4, 0.5) is 11.6 Å². The first kappa shape index (κ1) is 22.0. The monoisotopic (exact) mass is 479 g/mol. The molecule has 1 unspecified atom stereocenters. The molecule has 1 N–H and O–H groups in total. The number of piperazine rings is 1. The van der Waals surface area contributed by atoms with Gasteiger partial charge < -0.3 is 14.5 Å². The van der Waals surface area contributed by atoms with E-state index in [0.717, 1.165) is 53.4 Å². The Balaban J connectivity index is 1.45. The summed E-state index contributed by atoms with van der Waals surface area (Å²) in [5.41, 5.74) is 4.55. The molecule has 0 bridgehead atoms. The lowest BCUT2D eigenvalue weighted by atomic mass is 10.1. The molecule has 3 aromatic heterocycles. The van der Waals surface area contributed by atoms with Crippen LogP contribution in [0.5, 0.6) is 0 Å². The normalized spacial score (nSPS) is 16.0. The Kier molecular flexibility index (Phi) is 5.44. The third kappa shape index (κ3) is 3.88. The largest absolute Gasteiger partial charge is 0.465 e. The molecule has 1 atom stereocenters. The SMILES string of the molecule is COC(=O)c1ccc2nc(-c3ccc4[nH]ncc4c3)c(N3CCN(c4ccccn4)CC3C)nc2c1. The van der Waals surface area contributed by atoms with Crippen molar-refractivity contribution in [1.29, 1.82) is 0 Å². The second-order valence-corrected chi connectivity index (χ2v) is 8.94. The number of anilines is 2. The van der Waals surface area contributed by atoms with Gasteiger partial charge in [0.25, 0.3) is 0 Å². The molecule has 36 heavy (non-hydrogen) atoms. The topological polar surface area (TPSA) is 100 Å². The predicted octanol–water partition coefficient (Wildman–Crippen LogP) is 4.07. The van der Waals surface area contributed by atoms with Gasteiger partial charge in [-0.05, 0) is 49.4 Å². The molecular weight excluding hydrogens is 454 g/mol. The Bertz CT molecular complexity index is 1570. The van der Waals surface area contributed by atoms with E-state index < -0.39 is 5.97 Å². The van der Waals surface area contributed by atoms with Crippen LogP contribution >= 0.6 is 0 Å². The van der Waals surface area contributed by atoms with Gasteiger partial charge in [0.15, 0.2) is 5.82 Å². The van der Waals surface area contributed by atoms with Gasteiger partial charge in [-0.25, -0.2) is 19.7 Å². The van der Waals surface area contributed by atoms with Gasteiger partial charge >= 0.3 is 5.97 Å². The van der Waals surface area contributed by atoms with Crippen LogP contribution in [0.1, 0.15) is 17.3 Å². The summed E-state index contributed by atoms with van der Waals surface area (Å²) >= 11 is 0. The molecular formula is C27H25N7O2. The van der Waals surface area contributed by atoms with E-state index in [4.69, 9.17) is 14.7 Å². The van der Waals surface area contributed by atoms with Gasteiger partial charge in [-0.15, -0.1) is 0 Å². The summed E-state index contributed by atoms with van der Waals surface area (Å²) in [6.07, 6.45) is 3.63. The van der Waals surface area contributed by atoms with Gasteiger partial charge in [-0.1, -0.05) is 12.1 Å². The van der Waals surface area contributed by atoms with E-state index >= 15 is 0 Å². The number of nitrogens with zero attached hydrogens (tertiary/aromatic N) is 6. The van der Waals surface area contributed by atoms with Crippen molar-refractivity contribution in [1.82, 2.24) is 25.1 Å². The first-order chi connectivity index (χ1) is 17.6. The maximum absolute atomic E-state index is 12.2. The highest BCUT2D eigenvalue weighted by Crippen LogP contribution is 2.34. The first-order valence-electron chi connectivity index (χ1n) is 11.9. The van der Waals surface area contributed by atoms with Crippen LogP contribution in [0, 0.1) is 0 Å². The zero-order valence-corrected chi connectivity index (χ0v) is 20.0. The number of methoxy groups -OCH3 is 1. The summed E-state index contributed by atoms with van der Waals surface area (Å²) in [4.78, 5) is 31.4. The molecule has 4 heterocycles. The molecule has 1 aliphatic rings. The number of aromatic nitrogens is 5. The molecule has 5 aromatic rings. The van der Waals surface area contributed by atoms with E-state index in [9.17, 15) is 4.79 Å². The molecule has 0 saturated carbocycles. The molecule has 1 fully saturated rings. The Hall–Kier alpha value is -4.53. The van der Waals surface area contributed by atoms with Crippen molar-refractivity contribution in [2.45, 2.75) is 13.0 Å². The highest BCUT2D eigenvalue weighted by molar-refractivity contribution is 5.95. The first-order valence-corrected chi connectivity index (χ1v) is 11.9. The number of esters is 1. The van der Waals surface area contributed by atoms with Gasteiger partial charge in [0.2, 0.25) is 0 Å². The smallest absolute Gasteiger partial charge is 0.337 e. The van der Waals surface area contributed by atoms with E-state index in [1.54, 1.807) is 12.1 Å². The lowest BCUT2D eigenvalue weighted by molar-refractivity contribution is 0.0601. The second kappa shape index (κ2) is 8.92. The van der Waals surface area contributed by atoms with Crippen LogP contribution in [0.15, 0.2) is 67.0 Å². The number of hydrogen-bond donors (Lipinski definition) is 1. The number of nitrogens with one attached hydrogen (secondary N) is 1. The van der Waals surface area contributed by atoms with Crippen LogP contribution in [0.25, 0.3) is 33.2 Å². The molecule has 180 valence electrons. The van der Waals surface area contributed by atoms with Crippen molar-refractivity contribution in [2.24, 2.45) is 0 Å². The Morgan fingerprint density at radius 1 is 1.06 bits per heavy atom. The van der Waals surface area contributed by atoms with Crippen molar-refractivity contribution < 1.29 is 9.53 Å². The molecule has 1 saturated heterocycles. The van der Waals surface area contributed by atoms with Gasteiger partial charge in [0.1, 0.15) is 11.5 Å². The molecule has 0 aliphatic carbocycles. The minimum Gasteiger partial charge on any atom is -0.465 e. The van der Waals surface area contributed by atoms with E-state index in [-0.39, 0.29) is 6.04 Å². The molecule has 0 amide bonds. The third-order valence-electron chi connectivity index (χ3n) is 6.65. The molecule has 6 rings (SSSR count). The second-order valence-electron chi connectivity index (χ2n) is 8.94. The zero-order valence-electron chi connectivity index (χ0n) is 20.0. The van der Waals surface area contributed by atoms with E-state index in [1.165, 1.54) is 7.11 Å². The average molecular weight is 480 g/mol. The number of fused-ring (bicyclic) bond motifs is 2. The number of rotatable bonds is 4. The molecule has 9 nitrogen and oxygen atoms in total. The van der Waals surface area contributed by atoms with Crippen molar-refractivity contribution in [3.63, 3.8) is 0 Å². The van der Waals surface area contributed by atoms with Crippen molar-refractivity contribution in [3.8, 4) is 11.3 Å². The van der Waals surface area contributed by atoms with Gasteiger partial charge in [-0.2, -0.15) is 5.10 Å². The van der Waals surface area contributed by atoms with Crippen molar-refractivity contribution >= 4 is 39.5 Å². The van der Waals surface area contributed by atoms with Crippen LogP contribution in [0.2, 0.25) is 0 Å². The maximum atomic E-state index is 12.2. The molecule has 9 heteroatoms. The van der Waals surface area contributed by atoms with Crippen LogP contribution < -0.4 is 9.80 Å². The number of ether oxygens (including phenoxy) is 1. The Labute approximate surface area is 207 Å². The summed E-state index contributed by atoms with van der Waals surface area (Å²) in [7, 11) is 1.38.